The van der Waals surface area contributed by atoms with E-state index in [1.54, 1.807) is 6.26 Å². The first-order chi connectivity index (χ1) is 13.6. The summed E-state index contributed by atoms with van der Waals surface area (Å²) in [7, 11) is 0. The predicted molar refractivity (Wildman–Crippen MR) is 118 cm³/mol. The molecule has 0 fully saturated rings. The van der Waals surface area contributed by atoms with Gasteiger partial charge in [-0.1, -0.05) is 39.3 Å². The van der Waals surface area contributed by atoms with E-state index in [0.717, 1.165) is 11.1 Å². The van der Waals surface area contributed by atoms with Crippen LogP contribution < -0.4 is 16.2 Å². The lowest BCUT2D eigenvalue weighted by Crippen LogP contribution is -2.32. The van der Waals surface area contributed by atoms with Crippen LogP contribution in [-0.2, 0) is 0 Å². The lowest BCUT2D eigenvalue weighted by molar-refractivity contribution is 0.0998. The van der Waals surface area contributed by atoms with Gasteiger partial charge in [0.05, 0.1) is 11.8 Å². The third-order valence-corrected chi connectivity index (χ3v) is 4.38. The van der Waals surface area contributed by atoms with Gasteiger partial charge in [-0.3, -0.25) is 4.79 Å². The summed E-state index contributed by atoms with van der Waals surface area (Å²) in [5.74, 6) is -0.150. The molecule has 0 unspecified atom stereocenters. The second kappa shape index (κ2) is 9.33. The van der Waals surface area contributed by atoms with Crippen LogP contribution >= 0.6 is 12.8 Å². The second-order valence-electron chi connectivity index (χ2n) is 6.81. The molecule has 0 aliphatic rings. The van der Waals surface area contributed by atoms with Crippen LogP contribution in [0.15, 0.2) is 57.1 Å². The molecule has 1 heterocycles. The van der Waals surface area contributed by atoms with Crippen LogP contribution in [0.2, 0.25) is 0 Å². The minimum atomic E-state index is -0.777. The number of rotatable bonds is 6. The molecule has 0 saturated heterocycles. The number of thiol groups is 1. The number of carbonyl (C=O) groups excluding carboxylic acids is 1. The number of nitrogens with one attached hydrogen (secondary N) is 1. The maximum Gasteiger partial charge on any atom is 0.252 e. The monoisotopic (exact) mass is 415 g/mol. The largest absolute Gasteiger partial charge is 0.505 e. The molecule has 29 heavy (non-hydrogen) atoms. The molecule has 0 spiro atoms. The zero-order chi connectivity index (χ0) is 21.7. The Hall–Kier alpha value is -3.20. The molecule has 2 rings (SSSR count). The number of amides is 1. The van der Waals surface area contributed by atoms with Crippen LogP contribution in [0.4, 0.5) is 5.69 Å². The molecule has 1 amide bonds. The Labute approximate surface area is 175 Å². The summed E-state index contributed by atoms with van der Waals surface area (Å²) in [6.45, 7) is 9.91. The minimum absolute atomic E-state index is 0.0567. The van der Waals surface area contributed by atoms with Gasteiger partial charge in [0.15, 0.2) is 17.4 Å². The number of carbonyl (C=O) groups is 1. The van der Waals surface area contributed by atoms with Crippen molar-refractivity contribution in [3.8, 4) is 5.75 Å². The van der Waals surface area contributed by atoms with Gasteiger partial charge in [-0.2, -0.15) is 0 Å². The topological polar surface area (TPSA) is 139 Å². The van der Waals surface area contributed by atoms with Gasteiger partial charge in [0.25, 0.3) is 5.91 Å². The number of furan rings is 1. The molecule has 0 radical (unpaired) electrons. The van der Waals surface area contributed by atoms with Crippen molar-refractivity contribution in [1.29, 1.82) is 0 Å². The Bertz CT molecular complexity index is 978. The van der Waals surface area contributed by atoms with Crippen LogP contribution in [0.25, 0.3) is 0 Å². The quantitative estimate of drug-likeness (QED) is 0.213. The number of aliphatic imine (C=N–C) groups is 2. The molecule has 154 valence electrons. The van der Waals surface area contributed by atoms with E-state index in [1.165, 1.54) is 18.2 Å². The van der Waals surface area contributed by atoms with Crippen molar-refractivity contribution < 1.29 is 14.3 Å². The lowest BCUT2D eigenvalue weighted by Gasteiger charge is -2.13. The maximum atomic E-state index is 11.4. The number of benzene rings is 1. The number of primary amides is 1. The van der Waals surface area contributed by atoms with Crippen molar-refractivity contribution in [2.24, 2.45) is 21.5 Å². The molecule has 1 aromatic heterocycles. The number of hydrogen-bond acceptors (Lipinski definition) is 6. The molecule has 1 atom stereocenters. The van der Waals surface area contributed by atoms with E-state index < -0.39 is 11.9 Å². The number of para-hydroxylation sites is 1. The fraction of sp³-hybridized carbons (Fsp3) is 0.250. The van der Waals surface area contributed by atoms with Crippen LogP contribution in [0.1, 0.15) is 54.4 Å². The minimum Gasteiger partial charge on any atom is -0.505 e. The Kier molecular flexibility index (Phi) is 7.11. The average Bonchev–Trinajstić information content (AvgIpc) is 3.13. The first kappa shape index (κ1) is 22.1. The second-order valence-corrected chi connectivity index (χ2v) is 7.03. The molecule has 9 heteroatoms. The average molecular weight is 416 g/mol. The Morgan fingerprint density at radius 2 is 2.03 bits per heavy atom. The Balaban J connectivity index is 2.45. The van der Waals surface area contributed by atoms with E-state index in [-0.39, 0.29) is 28.7 Å². The highest BCUT2D eigenvalue weighted by Crippen LogP contribution is 2.31. The first-order valence-corrected chi connectivity index (χ1v) is 9.28. The highest BCUT2D eigenvalue weighted by Gasteiger charge is 2.19. The van der Waals surface area contributed by atoms with Crippen molar-refractivity contribution in [3.05, 3.63) is 59.6 Å². The summed E-state index contributed by atoms with van der Waals surface area (Å²) in [4.78, 5) is 20.1. The van der Waals surface area contributed by atoms with Crippen molar-refractivity contribution in [2.45, 2.75) is 32.7 Å². The van der Waals surface area contributed by atoms with Crippen molar-refractivity contribution in [2.75, 3.05) is 0 Å². The van der Waals surface area contributed by atoms with Crippen molar-refractivity contribution >= 4 is 36.1 Å². The summed E-state index contributed by atoms with van der Waals surface area (Å²) in [5.41, 5.74) is 13.1. The highest BCUT2D eigenvalue weighted by atomic mass is 32.1. The number of aromatic hydroxyl groups is 1. The van der Waals surface area contributed by atoms with Gasteiger partial charge < -0.3 is 25.7 Å². The summed E-state index contributed by atoms with van der Waals surface area (Å²) in [6.07, 6.45) is 1.68. The van der Waals surface area contributed by atoms with Gasteiger partial charge in [-0.05, 0) is 42.2 Å². The van der Waals surface area contributed by atoms with Gasteiger partial charge in [0.2, 0.25) is 0 Å². The van der Waals surface area contributed by atoms with Crippen LogP contribution in [0.3, 0.4) is 0 Å². The molecular formula is C20H25N5O3S. The smallest absolute Gasteiger partial charge is 0.252 e. The number of hydrogen-bond donors (Lipinski definition) is 5. The number of nitrogens with zero attached hydrogens (tertiary/aromatic N) is 2. The summed E-state index contributed by atoms with van der Waals surface area (Å²) < 4.78 is 8.26. The number of nitrogens with two attached hydrogens (primary N) is 2. The normalized spacial score (nSPS) is 13.4. The Morgan fingerprint density at radius 1 is 1.34 bits per heavy atom. The summed E-state index contributed by atoms with van der Waals surface area (Å²) in [5, 5.41) is 10.2. The molecule has 1 aromatic carbocycles. The third kappa shape index (κ3) is 5.20. The first-order valence-electron chi connectivity index (χ1n) is 8.83. The SMILES string of the molecule is C=C(C)[C@@H](N=C(NS)C(N)=Nc1cccc(C(N)=O)c1O)c1cc(C(C)C)co1. The van der Waals surface area contributed by atoms with Crippen LogP contribution in [0.5, 0.6) is 5.75 Å². The molecule has 0 saturated carbocycles. The van der Waals surface area contributed by atoms with Gasteiger partial charge >= 0.3 is 0 Å². The van der Waals surface area contributed by atoms with E-state index in [0.29, 0.717) is 11.7 Å². The predicted octanol–water partition coefficient (Wildman–Crippen LogP) is 3.35. The maximum absolute atomic E-state index is 11.4. The molecular weight excluding hydrogens is 390 g/mol. The lowest BCUT2D eigenvalue weighted by atomic mass is 10.0. The van der Waals surface area contributed by atoms with Crippen molar-refractivity contribution in [1.82, 2.24) is 4.72 Å². The molecule has 0 bridgehead atoms. The van der Waals surface area contributed by atoms with E-state index in [9.17, 15) is 9.90 Å². The molecule has 6 N–H and O–H groups in total. The molecule has 0 aliphatic heterocycles. The van der Waals surface area contributed by atoms with Crippen LogP contribution in [0, 0.1) is 0 Å². The number of amidine groups is 2. The third-order valence-electron chi connectivity index (χ3n) is 4.17. The van der Waals surface area contributed by atoms with Gasteiger partial charge in [-0.25, -0.2) is 9.98 Å². The van der Waals surface area contributed by atoms with Gasteiger partial charge in [-0.15, -0.1) is 0 Å². The molecule has 2 aromatic rings. The summed E-state index contributed by atoms with van der Waals surface area (Å²) in [6, 6.07) is 5.81. The zero-order valence-corrected chi connectivity index (χ0v) is 17.4. The standard InChI is InChI=1S/C20H25N5O3S/c1-10(2)12-8-15(28-9-12)16(11(3)4)24-20(25-29)18(21)23-14-7-5-6-13(17(14)26)19(22)27/h5-10,16,26,29H,3H2,1-2,4H3,(H2,21,23)(H2,22,27)(H,24,25)/t16-/m1/s1. The van der Waals surface area contributed by atoms with E-state index >= 15 is 0 Å². The highest BCUT2D eigenvalue weighted by molar-refractivity contribution is 7.78. The summed E-state index contributed by atoms with van der Waals surface area (Å²) >= 11 is 4.06. The molecule has 8 nitrogen and oxygen atoms in total. The molecule has 0 aliphatic carbocycles. The fourth-order valence-electron chi connectivity index (χ4n) is 2.52. The van der Waals surface area contributed by atoms with E-state index in [4.69, 9.17) is 15.9 Å². The zero-order valence-electron chi connectivity index (χ0n) is 16.5. The van der Waals surface area contributed by atoms with E-state index in [1.807, 2.05) is 13.0 Å². The van der Waals surface area contributed by atoms with Gasteiger partial charge in [0, 0.05) is 0 Å². The van der Waals surface area contributed by atoms with Crippen molar-refractivity contribution in [3.63, 3.8) is 0 Å². The van der Waals surface area contributed by atoms with E-state index in [2.05, 4.69) is 47.9 Å². The van der Waals surface area contributed by atoms with Crippen LogP contribution in [-0.4, -0.2) is 22.7 Å². The Morgan fingerprint density at radius 3 is 2.55 bits per heavy atom. The van der Waals surface area contributed by atoms with Gasteiger partial charge in [0.1, 0.15) is 17.5 Å². The number of phenols is 1. The fourth-order valence-corrected chi connectivity index (χ4v) is 2.69.